The van der Waals surface area contributed by atoms with Crippen LogP contribution in [0.1, 0.15) is 74.2 Å². The Kier molecular flexibility index (Phi) is 6.73. The maximum atomic E-state index is 12.9. The summed E-state index contributed by atoms with van der Waals surface area (Å²) in [6.45, 7) is 9.67. The van der Waals surface area contributed by atoms with E-state index in [1.807, 2.05) is 65.0 Å². The number of likely N-dealkylation sites (N-methyl/N-ethyl adjacent to an activating group) is 1. The van der Waals surface area contributed by atoms with E-state index in [0.717, 1.165) is 11.3 Å². The SMILES string of the molecule is CC(C)c1cc(C(=O)OCC(=O)N(C)[C@H](C)c2ccccc2)c2cnn(C(C)C)c2n1. The number of nitrogens with zero attached hydrogens (tertiary/aromatic N) is 4. The Bertz CT molecular complexity index is 1070. The number of rotatable bonds is 7. The van der Waals surface area contributed by atoms with Crippen molar-refractivity contribution in [1.29, 1.82) is 0 Å². The number of aromatic nitrogens is 3. The summed E-state index contributed by atoms with van der Waals surface area (Å²) in [5.74, 6) is -0.686. The maximum absolute atomic E-state index is 12.9. The number of amides is 1. The molecule has 164 valence electrons. The quantitative estimate of drug-likeness (QED) is 0.524. The molecule has 1 atom stereocenters. The highest BCUT2D eigenvalue weighted by atomic mass is 16.5. The third-order valence-electron chi connectivity index (χ3n) is 5.47. The van der Waals surface area contributed by atoms with Crippen LogP contribution in [0, 0.1) is 0 Å². The topological polar surface area (TPSA) is 77.3 Å². The second-order valence-electron chi connectivity index (χ2n) is 8.34. The molecule has 0 radical (unpaired) electrons. The number of carbonyl (C=O) groups excluding carboxylic acids is 2. The Labute approximate surface area is 183 Å². The number of esters is 1. The zero-order valence-electron chi connectivity index (χ0n) is 19.0. The van der Waals surface area contributed by atoms with Crippen LogP contribution >= 0.6 is 0 Å². The number of ether oxygens (including phenoxy) is 1. The molecule has 31 heavy (non-hydrogen) atoms. The molecule has 0 unspecified atom stereocenters. The number of carbonyl (C=O) groups is 2. The number of hydrogen-bond donors (Lipinski definition) is 0. The van der Waals surface area contributed by atoms with Crippen molar-refractivity contribution < 1.29 is 14.3 Å². The fraction of sp³-hybridized carbons (Fsp3) is 0.417. The summed E-state index contributed by atoms with van der Waals surface area (Å²) in [5, 5.41) is 5.02. The van der Waals surface area contributed by atoms with E-state index in [1.54, 1.807) is 28.9 Å². The van der Waals surface area contributed by atoms with Crippen molar-refractivity contribution in [3.63, 3.8) is 0 Å². The van der Waals surface area contributed by atoms with E-state index in [9.17, 15) is 9.59 Å². The van der Waals surface area contributed by atoms with Crippen LogP contribution in [0.5, 0.6) is 0 Å². The lowest BCUT2D eigenvalue weighted by atomic mass is 10.1. The molecule has 0 spiro atoms. The Balaban J connectivity index is 1.79. The van der Waals surface area contributed by atoms with Gasteiger partial charge in [-0.25, -0.2) is 14.5 Å². The Morgan fingerprint density at radius 1 is 1.10 bits per heavy atom. The molecular weight excluding hydrogens is 392 g/mol. The zero-order chi connectivity index (χ0) is 22.7. The molecule has 0 aliphatic carbocycles. The molecular formula is C24H30N4O3. The van der Waals surface area contributed by atoms with Gasteiger partial charge in [0, 0.05) is 18.8 Å². The summed E-state index contributed by atoms with van der Waals surface area (Å²) in [4.78, 5) is 31.8. The molecule has 0 saturated carbocycles. The van der Waals surface area contributed by atoms with Crippen LogP contribution in [0.25, 0.3) is 11.0 Å². The molecule has 0 fully saturated rings. The molecule has 0 bridgehead atoms. The van der Waals surface area contributed by atoms with Crippen molar-refractivity contribution in [2.45, 2.75) is 52.6 Å². The van der Waals surface area contributed by atoms with Crippen molar-refractivity contribution in [3.05, 3.63) is 59.4 Å². The van der Waals surface area contributed by atoms with Gasteiger partial charge in [-0.2, -0.15) is 5.10 Å². The Morgan fingerprint density at radius 3 is 2.39 bits per heavy atom. The number of fused-ring (bicyclic) bond motifs is 1. The van der Waals surface area contributed by atoms with Crippen molar-refractivity contribution in [3.8, 4) is 0 Å². The van der Waals surface area contributed by atoms with Crippen LogP contribution < -0.4 is 0 Å². The van der Waals surface area contributed by atoms with Gasteiger partial charge < -0.3 is 9.64 Å². The van der Waals surface area contributed by atoms with E-state index < -0.39 is 5.97 Å². The number of benzene rings is 1. The lowest BCUT2D eigenvalue weighted by Gasteiger charge is -2.25. The van der Waals surface area contributed by atoms with E-state index in [0.29, 0.717) is 16.6 Å². The van der Waals surface area contributed by atoms with Gasteiger partial charge in [-0.3, -0.25) is 4.79 Å². The van der Waals surface area contributed by atoms with Crippen LogP contribution in [0.4, 0.5) is 0 Å². The third kappa shape index (κ3) is 4.76. The first-order valence-electron chi connectivity index (χ1n) is 10.6. The molecule has 2 aromatic heterocycles. The maximum Gasteiger partial charge on any atom is 0.339 e. The summed E-state index contributed by atoms with van der Waals surface area (Å²) in [6.07, 6.45) is 1.63. The molecule has 1 aromatic carbocycles. The first-order valence-corrected chi connectivity index (χ1v) is 10.6. The van der Waals surface area contributed by atoms with Gasteiger partial charge in [0.05, 0.1) is 23.2 Å². The van der Waals surface area contributed by atoms with Gasteiger partial charge in [0.1, 0.15) is 0 Å². The van der Waals surface area contributed by atoms with Crippen molar-refractivity contribution in [1.82, 2.24) is 19.7 Å². The van der Waals surface area contributed by atoms with Gasteiger partial charge in [-0.05, 0) is 38.3 Å². The Morgan fingerprint density at radius 2 is 1.77 bits per heavy atom. The second kappa shape index (κ2) is 9.29. The van der Waals surface area contributed by atoms with Crippen LogP contribution in [-0.4, -0.2) is 45.2 Å². The van der Waals surface area contributed by atoms with Crippen molar-refractivity contribution in [2.75, 3.05) is 13.7 Å². The molecule has 0 N–H and O–H groups in total. The minimum absolute atomic E-state index is 0.103. The highest BCUT2D eigenvalue weighted by Gasteiger charge is 2.22. The largest absolute Gasteiger partial charge is 0.452 e. The van der Waals surface area contributed by atoms with E-state index in [1.165, 1.54) is 0 Å². The normalized spacial score (nSPS) is 12.4. The Hall–Kier alpha value is -3.22. The standard InChI is InChI=1S/C24H30N4O3/c1-15(2)21-12-19(20-13-25-28(16(3)4)23(20)26-21)24(30)31-14-22(29)27(6)17(5)18-10-8-7-9-11-18/h7-13,15-17H,14H2,1-6H3/t17-/m1/s1. The average molecular weight is 423 g/mol. The van der Waals surface area contributed by atoms with Gasteiger partial charge in [0.2, 0.25) is 0 Å². The molecule has 7 nitrogen and oxygen atoms in total. The predicted molar refractivity (Wildman–Crippen MR) is 120 cm³/mol. The lowest BCUT2D eigenvalue weighted by Crippen LogP contribution is -2.33. The summed E-state index contributed by atoms with van der Waals surface area (Å²) < 4.78 is 7.20. The van der Waals surface area contributed by atoms with Gasteiger partial charge in [-0.1, -0.05) is 44.2 Å². The van der Waals surface area contributed by atoms with Gasteiger partial charge in [0.15, 0.2) is 12.3 Å². The minimum Gasteiger partial charge on any atom is -0.452 e. The third-order valence-corrected chi connectivity index (χ3v) is 5.47. The first-order chi connectivity index (χ1) is 14.7. The summed E-state index contributed by atoms with van der Waals surface area (Å²) in [6, 6.07) is 11.4. The fourth-order valence-corrected chi connectivity index (χ4v) is 3.36. The summed E-state index contributed by atoms with van der Waals surface area (Å²) in [7, 11) is 1.71. The van der Waals surface area contributed by atoms with E-state index in [4.69, 9.17) is 9.72 Å². The van der Waals surface area contributed by atoms with Crippen LogP contribution in [0.2, 0.25) is 0 Å². The predicted octanol–water partition coefficient (Wildman–Crippen LogP) is 4.51. The highest BCUT2D eigenvalue weighted by Crippen LogP contribution is 2.25. The molecule has 0 aliphatic rings. The van der Waals surface area contributed by atoms with E-state index >= 15 is 0 Å². The van der Waals surface area contributed by atoms with Crippen LogP contribution in [0.3, 0.4) is 0 Å². The second-order valence-corrected chi connectivity index (χ2v) is 8.34. The molecule has 1 amide bonds. The smallest absolute Gasteiger partial charge is 0.339 e. The van der Waals surface area contributed by atoms with Crippen LogP contribution in [0.15, 0.2) is 42.6 Å². The van der Waals surface area contributed by atoms with Gasteiger partial charge >= 0.3 is 5.97 Å². The summed E-state index contributed by atoms with van der Waals surface area (Å²) >= 11 is 0. The minimum atomic E-state index is -0.549. The molecule has 2 heterocycles. The van der Waals surface area contributed by atoms with Crippen molar-refractivity contribution in [2.24, 2.45) is 0 Å². The zero-order valence-corrected chi connectivity index (χ0v) is 19.0. The van der Waals surface area contributed by atoms with Crippen molar-refractivity contribution >= 4 is 22.9 Å². The van der Waals surface area contributed by atoms with Gasteiger partial charge in [0.25, 0.3) is 5.91 Å². The molecule has 7 heteroatoms. The number of hydrogen-bond acceptors (Lipinski definition) is 5. The molecule has 3 aromatic rings. The fourth-order valence-electron chi connectivity index (χ4n) is 3.36. The lowest BCUT2D eigenvalue weighted by molar-refractivity contribution is -0.135. The highest BCUT2D eigenvalue weighted by molar-refractivity contribution is 6.03. The molecule has 3 rings (SSSR count). The molecule has 0 aliphatic heterocycles. The summed E-state index contributed by atoms with van der Waals surface area (Å²) in [5.41, 5.74) is 2.83. The molecule has 0 saturated heterocycles. The van der Waals surface area contributed by atoms with E-state index in [-0.39, 0.29) is 30.5 Å². The van der Waals surface area contributed by atoms with E-state index in [2.05, 4.69) is 5.10 Å². The first kappa shape index (κ1) is 22.5. The number of pyridine rings is 1. The van der Waals surface area contributed by atoms with Crippen LogP contribution in [-0.2, 0) is 9.53 Å². The van der Waals surface area contributed by atoms with Gasteiger partial charge in [-0.15, -0.1) is 0 Å². The average Bonchev–Trinajstić information content (AvgIpc) is 3.20. The monoisotopic (exact) mass is 422 g/mol.